The molecule has 0 spiro atoms. The van der Waals surface area contributed by atoms with Gasteiger partial charge in [-0.05, 0) is 31.2 Å². The van der Waals surface area contributed by atoms with Gasteiger partial charge in [0.25, 0.3) is 0 Å². The number of para-hydroxylation sites is 1. The van der Waals surface area contributed by atoms with Crippen LogP contribution in [0.3, 0.4) is 0 Å². The van der Waals surface area contributed by atoms with Crippen LogP contribution >= 0.6 is 11.6 Å². The van der Waals surface area contributed by atoms with Crippen molar-refractivity contribution in [3.05, 3.63) is 58.7 Å². The first-order chi connectivity index (χ1) is 10.6. The van der Waals surface area contributed by atoms with Gasteiger partial charge in [0.15, 0.2) is 0 Å². The van der Waals surface area contributed by atoms with Gasteiger partial charge in [0.05, 0.1) is 7.11 Å². The van der Waals surface area contributed by atoms with Crippen molar-refractivity contribution in [3.8, 4) is 5.75 Å². The van der Waals surface area contributed by atoms with E-state index < -0.39 is 0 Å². The molecule has 0 aliphatic carbocycles. The average molecular weight is 313 g/mol. The Morgan fingerprint density at radius 1 is 1.18 bits per heavy atom. The van der Waals surface area contributed by atoms with E-state index in [2.05, 4.69) is 35.7 Å². The van der Waals surface area contributed by atoms with Gasteiger partial charge in [-0.15, -0.1) is 0 Å². The molecule has 0 saturated carbocycles. The molecule has 0 atom stereocenters. The van der Waals surface area contributed by atoms with Gasteiger partial charge in [-0.25, -0.2) is 0 Å². The normalized spacial score (nSPS) is 11.5. The molecular weight excluding hydrogens is 296 g/mol. The summed E-state index contributed by atoms with van der Waals surface area (Å²) in [4.78, 5) is 4.58. The second-order valence-electron chi connectivity index (χ2n) is 5.15. The van der Waals surface area contributed by atoms with Crippen LogP contribution in [0.1, 0.15) is 11.3 Å². The fourth-order valence-electron chi connectivity index (χ4n) is 2.61. The first kappa shape index (κ1) is 14.7. The van der Waals surface area contributed by atoms with E-state index in [1.54, 1.807) is 19.2 Å². The molecule has 3 aromatic rings. The summed E-state index contributed by atoms with van der Waals surface area (Å²) in [6, 6.07) is 13.7. The summed E-state index contributed by atoms with van der Waals surface area (Å²) in [6.07, 6.45) is 1.88. The molecule has 0 bridgehead atoms. The first-order valence-corrected chi connectivity index (χ1v) is 7.41. The molecule has 0 N–H and O–H groups in total. The van der Waals surface area contributed by atoms with Crippen molar-refractivity contribution < 1.29 is 4.74 Å². The molecule has 3 rings (SSSR count). The average Bonchev–Trinajstić information content (AvgIpc) is 2.77. The molecule has 1 aromatic heterocycles. The maximum Gasteiger partial charge on any atom is 0.144 e. The Bertz CT molecular complexity index is 865. The lowest BCUT2D eigenvalue weighted by atomic mass is 10.1. The van der Waals surface area contributed by atoms with Crippen LogP contribution in [0.25, 0.3) is 10.9 Å². The lowest BCUT2D eigenvalue weighted by Gasteiger charge is -2.04. The van der Waals surface area contributed by atoms with E-state index in [1.165, 1.54) is 16.6 Å². The van der Waals surface area contributed by atoms with E-state index in [4.69, 9.17) is 16.3 Å². The van der Waals surface area contributed by atoms with Crippen molar-refractivity contribution in [1.29, 1.82) is 0 Å². The third-order valence-corrected chi connectivity index (χ3v) is 4.16. The Labute approximate surface area is 134 Å². The summed E-state index contributed by atoms with van der Waals surface area (Å²) >= 11 is 6.05. The fraction of sp³-hybridized carbons (Fsp3) is 0.167. The smallest absolute Gasteiger partial charge is 0.144 e. The highest BCUT2D eigenvalue weighted by atomic mass is 35.5. The topological polar surface area (TPSA) is 26.5 Å². The van der Waals surface area contributed by atoms with Crippen LogP contribution in [0.2, 0.25) is 5.02 Å². The zero-order valence-corrected chi connectivity index (χ0v) is 13.6. The fourth-order valence-corrected chi connectivity index (χ4v) is 2.78. The number of rotatable bonds is 3. The van der Waals surface area contributed by atoms with Crippen LogP contribution in [-0.4, -0.2) is 17.9 Å². The summed E-state index contributed by atoms with van der Waals surface area (Å²) in [5.74, 6) is 0.707. The van der Waals surface area contributed by atoms with E-state index in [-0.39, 0.29) is 0 Å². The highest BCUT2D eigenvalue weighted by Crippen LogP contribution is 2.31. The molecule has 3 nitrogen and oxygen atoms in total. The zero-order chi connectivity index (χ0) is 15.7. The summed E-state index contributed by atoms with van der Waals surface area (Å²) in [5.41, 5.74) is 4.20. The van der Waals surface area contributed by atoms with Crippen molar-refractivity contribution in [2.75, 3.05) is 7.11 Å². The number of hydrogen-bond acceptors (Lipinski definition) is 2. The summed E-state index contributed by atoms with van der Waals surface area (Å²) < 4.78 is 7.51. The molecule has 0 aliphatic rings. The molecule has 0 fully saturated rings. The molecule has 112 valence electrons. The van der Waals surface area contributed by atoms with Crippen LogP contribution in [0.5, 0.6) is 5.75 Å². The van der Waals surface area contributed by atoms with Crippen molar-refractivity contribution in [1.82, 2.24) is 4.57 Å². The third-order valence-electron chi connectivity index (χ3n) is 3.92. The van der Waals surface area contributed by atoms with Crippen LogP contribution in [0, 0.1) is 6.92 Å². The van der Waals surface area contributed by atoms with Gasteiger partial charge < -0.3 is 9.30 Å². The number of hydrogen-bond donors (Lipinski definition) is 0. The van der Waals surface area contributed by atoms with Gasteiger partial charge >= 0.3 is 0 Å². The molecule has 0 saturated heterocycles. The number of aliphatic imine (C=N–C) groups is 1. The van der Waals surface area contributed by atoms with Crippen molar-refractivity contribution in [2.24, 2.45) is 12.0 Å². The molecule has 4 heteroatoms. The highest BCUT2D eigenvalue weighted by Gasteiger charge is 2.10. The number of fused-ring (bicyclic) bond motifs is 1. The van der Waals surface area contributed by atoms with Gasteiger partial charge in [-0.2, -0.15) is 0 Å². The molecule has 2 aromatic carbocycles. The number of halogens is 1. The Kier molecular flexibility index (Phi) is 3.90. The minimum Gasteiger partial charge on any atom is -0.494 e. The maximum absolute atomic E-state index is 6.05. The van der Waals surface area contributed by atoms with Gasteiger partial charge in [-0.3, -0.25) is 4.99 Å². The quantitative estimate of drug-likeness (QED) is 0.632. The number of ether oxygens (including phenoxy) is 1. The molecule has 22 heavy (non-hydrogen) atoms. The van der Waals surface area contributed by atoms with Crippen LogP contribution < -0.4 is 4.74 Å². The summed E-state index contributed by atoms with van der Waals surface area (Å²) in [5, 5.41) is 1.83. The number of aryl methyl sites for hydroxylation is 1. The van der Waals surface area contributed by atoms with E-state index >= 15 is 0 Å². The van der Waals surface area contributed by atoms with Crippen molar-refractivity contribution in [3.63, 3.8) is 0 Å². The van der Waals surface area contributed by atoms with Gasteiger partial charge in [0.2, 0.25) is 0 Å². The molecule has 0 radical (unpaired) electrons. The molecule has 0 aliphatic heterocycles. The van der Waals surface area contributed by atoms with Crippen molar-refractivity contribution in [2.45, 2.75) is 6.92 Å². The predicted molar refractivity (Wildman–Crippen MR) is 92.9 cm³/mol. The highest BCUT2D eigenvalue weighted by molar-refractivity contribution is 6.30. The largest absolute Gasteiger partial charge is 0.494 e. The Morgan fingerprint density at radius 3 is 2.73 bits per heavy atom. The van der Waals surface area contributed by atoms with Crippen molar-refractivity contribution >= 4 is 34.4 Å². The predicted octanol–water partition coefficient (Wildman–Crippen LogP) is 4.90. The van der Waals surface area contributed by atoms with Gasteiger partial charge in [-0.1, -0.05) is 29.8 Å². The summed E-state index contributed by atoms with van der Waals surface area (Å²) in [7, 11) is 3.69. The second kappa shape index (κ2) is 5.85. The SMILES string of the molecule is COc1ccc(Cl)cc1N=Cc1c(C)n(C)c2ccccc12. The van der Waals surface area contributed by atoms with E-state index in [0.717, 1.165) is 11.3 Å². The Hall–Kier alpha value is -2.26. The first-order valence-electron chi connectivity index (χ1n) is 7.03. The molecule has 0 unspecified atom stereocenters. The van der Waals surface area contributed by atoms with E-state index in [1.807, 2.05) is 24.4 Å². The van der Waals surface area contributed by atoms with Crippen LogP contribution in [0.15, 0.2) is 47.5 Å². The number of nitrogens with zero attached hydrogens (tertiary/aromatic N) is 2. The van der Waals surface area contributed by atoms with E-state index in [0.29, 0.717) is 10.8 Å². The maximum atomic E-state index is 6.05. The monoisotopic (exact) mass is 312 g/mol. The third kappa shape index (κ3) is 2.48. The lowest BCUT2D eigenvalue weighted by molar-refractivity contribution is 0.416. The van der Waals surface area contributed by atoms with E-state index in [9.17, 15) is 0 Å². The second-order valence-corrected chi connectivity index (χ2v) is 5.59. The number of methoxy groups -OCH3 is 1. The van der Waals surface area contributed by atoms with Crippen LogP contribution in [-0.2, 0) is 7.05 Å². The number of benzene rings is 2. The zero-order valence-electron chi connectivity index (χ0n) is 12.8. The Morgan fingerprint density at radius 2 is 1.95 bits per heavy atom. The van der Waals surface area contributed by atoms with Gasteiger partial charge in [0, 0.05) is 40.4 Å². The minimum absolute atomic E-state index is 0.641. The standard InChI is InChI=1S/C18H17ClN2O/c1-12-15(14-6-4-5-7-17(14)21(12)2)11-20-16-10-13(19)8-9-18(16)22-3/h4-11H,1-3H3. The van der Waals surface area contributed by atoms with Crippen LogP contribution in [0.4, 0.5) is 5.69 Å². The molecule has 0 amide bonds. The summed E-state index contributed by atoms with van der Waals surface area (Å²) in [6.45, 7) is 2.09. The number of aromatic nitrogens is 1. The van der Waals surface area contributed by atoms with Gasteiger partial charge in [0.1, 0.15) is 11.4 Å². The lowest BCUT2D eigenvalue weighted by Crippen LogP contribution is -1.91. The molecule has 1 heterocycles. The Balaban J connectivity index is 2.11. The molecular formula is C18H17ClN2O. The minimum atomic E-state index is 0.641.